The second-order valence-corrected chi connectivity index (χ2v) is 7.21. The molecule has 2 amide bonds. The maximum atomic E-state index is 12.9. The molecule has 1 aliphatic heterocycles. The van der Waals surface area contributed by atoms with Crippen molar-refractivity contribution in [3.8, 4) is 5.75 Å². The minimum absolute atomic E-state index is 0.00302. The van der Waals surface area contributed by atoms with Crippen molar-refractivity contribution in [3.05, 3.63) is 49.2 Å². The highest BCUT2D eigenvalue weighted by molar-refractivity contribution is 8.00. The van der Waals surface area contributed by atoms with Crippen LogP contribution in [-0.2, 0) is 4.79 Å². The summed E-state index contributed by atoms with van der Waals surface area (Å²) in [4.78, 5) is 32.7. The standard InChI is InChI=1S/C20H27N5O3S/c1-3-16(22-4-2)20(28)25-10-5-9-24(11-12-25)19(27)15-6-7-17(18(26)14-15)23-29-13-8-21/h3-4,6-7,14,23,26H,1-2,5,8-13,21H2. The average molecular weight is 418 g/mol. The Morgan fingerprint density at radius 2 is 1.97 bits per heavy atom. The van der Waals surface area contributed by atoms with Gasteiger partial charge in [0, 0.05) is 50.2 Å². The van der Waals surface area contributed by atoms with Gasteiger partial charge in [0.25, 0.3) is 11.8 Å². The molecule has 9 heteroatoms. The third-order valence-corrected chi connectivity index (χ3v) is 5.16. The summed E-state index contributed by atoms with van der Waals surface area (Å²) in [7, 11) is 0. The highest BCUT2D eigenvalue weighted by Crippen LogP contribution is 2.27. The summed E-state index contributed by atoms with van der Waals surface area (Å²) in [6.45, 7) is 9.50. The number of carbonyl (C=O) groups excluding carboxylic acids is 2. The molecule has 0 aromatic heterocycles. The maximum Gasteiger partial charge on any atom is 0.272 e. The number of nitrogens with one attached hydrogen (secondary N) is 1. The number of nitrogens with zero attached hydrogens (tertiary/aromatic N) is 3. The fourth-order valence-corrected chi connectivity index (χ4v) is 3.45. The van der Waals surface area contributed by atoms with Gasteiger partial charge in [-0.3, -0.25) is 14.6 Å². The molecule has 8 nitrogen and oxygen atoms in total. The Labute approximate surface area is 175 Å². The van der Waals surface area contributed by atoms with Crippen molar-refractivity contribution >= 4 is 35.2 Å². The van der Waals surface area contributed by atoms with Gasteiger partial charge >= 0.3 is 0 Å². The number of amides is 2. The molecule has 0 radical (unpaired) electrons. The number of aromatic hydroxyl groups is 1. The van der Waals surface area contributed by atoms with Gasteiger partial charge in [-0.15, -0.1) is 0 Å². The molecule has 0 atom stereocenters. The maximum absolute atomic E-state index is 12.9. The fraction of sp³-hybridized carbons (Fsp3) is 0.350. The first-order valence-corrected chi connectivity index (χ1v) is 10.3. The molecule has 0 aliphatic carbocycles. The first kappa shape index (κ1) is 22.5. The van der Waals surface area contributed by atoms with E-state index in [0.717, 1.165) is 0 Å². The van der Waals surface area contributed by atoms with Gasteiger partial charge in [0.1, 0.15) is 11.5 Å². The highest BCUT2D eigenvalue weighted by Gasteiger charge is 2.24. The van der Waals surface area contributed by atoms with Crippen molar-refractivity contribution in [2.24, 2.45) is 10.7 Å². The number of nitrogens with two attached hydrogens (primary N) is 1. The lowest BCUT2D eigenvalue weighted by atomic mass is 10.1. The van der Waals surface area contributed by atoms with Crippen LogP contribution in [0.5, 0.6) is 5.75 Å². The Balaban J connectivity index is 2.03. The van der Waals surface area contributed by atoms with Crippen molar-refractivity contribution in [2.45, 2.75) is 6.42 Å². The molecule has 1 heterocycles. The number of benzene rings is 1. The van der Waals surface area contributed by atoms with E-state index in [1.54, 1.807) is 21.9 Å². The van der Waals surface area contributed by atoms with Crippen molar-refractivity contribution < 1.29 is 14.7 Å². The highest BCUT2D eigenvalue weighted by atomic mass is 32.2. The summed E-state index contributed by atoms with van der Waals surface area (Å²) in [5.41, 5.74) is 6.61. The summed E-state index contributed by atoms with van der Waals surface area (Å²) in [6.07, 6.45) is 3.36. The Morgan fingerprint density at radius 3 is 2.62 bits per heavy atom. The van der Waals surface area contributed by atoms with Gasteiger partial charge in [0.05, 0.1) is 5.69 Å². The first-order chi connectivity index (χ1) is 14.0. The molecule has 1 aromatic rings. The summed E-state index contributed by atoms with van der Waals surface area (Å²) in [6, 6.07) is 4.80. The summed E-state index contributed by atoms with van der Waals surface area (Å²) in [5.74, 6) is 0.300. The van der Waals surface area contributed by atoms with E-state index >= 15 is 0 Å². The van der Waals surface area contributed by atoms with E-state index in [1.807, 2.05) is 0 Å². The fourth-order valence-electron chi connectivity index (χ4n) is 2.90. The third kappa shape index (κ3) is 6.10. The third-order valence-electron chi connectivity index (χ3n) is 4.36. The lowest BCUT2D eigenvalue weighted by Crippen LogP contribution is -2.39. The van der Waals surface area contributed by atoms with Crippen molar-refractivity contribution in [2.75, 3.05) is 43.2 Å². The molecule has 1 saturated heterocycles. The van der Waals surface area contributed by atoms with Gasteiger partial charge in [-0.25, -0.2) is 0 Å². The van der Waals surface area contributed by atoms with Crippen LogP contribution in [0.25, 0.3) is 0 Å². The zero-order valence-corrected chi connectivity index (χ0v) is 17.2. The summed E-state index contributed by atoms with van der Waals surface area (Å²) < 4.78 is 3.01. The molecule has 1 aromatic carbocycles. The predicted octanol–water partition coefficient (Wildman–Crippen LogP) is 1.86. The topological polar surface area (TPSA) is 111 Å². The largest absolute Gasteiger partial charge is 0.506 e. The van der Waals surface area contributed by atoms with E-state index in [0.29, 0.717) is 56.1 Å². The normalized spacial score (nSPS) is 14.9. The average Bonchev–Trinajstić information content (AvgIpc) is 2.98. The lowest BCUT2D eigenvalue weighted by Gasteiger charge is -2.22. The van der Waals surface area contributed by atoms with Gasteiger partial charge in [-0.05, 0) is 30.7 Å². The number of hydrogen-bond acceptors (Lipinski definition) is 7. The van der Waals surface area contributed by atoms with Crippen LogP contribution in [0.15, 0.2) is 48.6 Å². The minimum Gasteiger partial charge on any atom is -0.506 e. The molecule has 0 unspecified atom stereocenters. The first-order valence-electron chi connectivity index (χ1n) is 9.32. The molecule has 0 bridgehead atoms. The quantitative estimate of drug-likeness (QED) is 0.258. The SMILES string of the molecule is C=CN=C(C=C)C(=O)N1CCCN(C(=O)c2ccc(NSCCN)c(O)c2)CC1. The van der Waals surface area contributed by atoms with Crippen molar-refractivity contribution in [3.63, 3.8) is 0 Å². The Morgan fingerprint density at radius 1 is 1.24 bits per heavy atom. The molecule has 4 N–H and O–H groups in total. The van der Waals surface area contributed by atoms with Crippen LogP contribution in [0, 0.1) is 0 Å². The van der Waals surface area contributed by atoms with E-state index in [4.69, 9.17) is 5.73 Å². The van der Waals surface area contributed by atoms with Crippen molar-refractivity contribution in [1.29, 1.82) is 0 Å². The second-order valence-electron chi connectivity index (χ2n) is 6.31. The number of hydrogen-bond donors (Lipinski definition) is 3. The lowest BCUT2D eigenvalue weighted by molar-refractivity contribution is -0.123. The molecule has 1 fully saturated rings. The smallest absolute Gasteiger partial charge is 0.272 e. The monoisotopic (exact) mass is 417 g/mol. The number of anilines is 1. The Bertz CT molecular complexity index is 796. The van der Waals surface area contributed by atoms with E-state index in [9.17, 15) is 14.7 Å². The van der Waals surface area contributed by atoms with Gasteiger partial charge in [0.2, 0.25) is 0 Å². The molecule has 0 saturated carbocycles. The van der Waals surface area contributed by atoms with Gasteiger partial charge < -0.3 is 25.4 Å². The molecule has 156 valence electrons. The molecule has 1 aliphatic rings. The molecular formula is C20H27N5O3S. The zero-order valence-electron chi connectivity index (χ0n) is 16.3. The Hall–Kier alpha value is -2.78. The zero-order chi connectivity index (χ0) is 21.2. The summed E-state index contributed by atoms with van der Waals surface area (Å²) >= 11 is 1.39. The van der Waals surface area contributed by atoms with Gasteiger partial charge in [-0.2, -0.15) is 0 Å². The molecular weight excluding hydrogens is 390 g/mol. The van der Waals surface area contributed by atoms with Crippen LogP contribution in [-0.4, -0.2) is 70.9 Å². The second kappa shape index (κ2) is 11.3. The van der Waals surface area contributed by atoms with Crippen LogP contribution in [0.1, 0.15) is 16.8 Å². The number of aliphatic imine (C=N–C) groups is 1. The number of rotatable bonds is 8. The number of phenolic OH excluding ortho intramolecular Hbond substituents is 1. The van der Waals surface area contributed by atoms with Crippen LogP contribution in [0.4, 0.5) is 5.69 Å². The van der Waals surface area contributed by atoms with Crippen LogP contribution >= 0.6 is 11.9 Å². The van der Waals surface area contributed by atoms with E-state index in [1.165, 1.54) is 30.3 Å². The van der Waals surface area contributed by atoms with Crippen molar-refractivity contribution in [1.82, 2.24) is 9.80 Å². The van der Waals surface area contributed by atoms with Gasteiger partial charge in [0.15, 0.2) is 0 Å². The van der Waals surface area contributed by atoms with E-state index < -0.39 is 0 Å². The molecule has 29 heavy (non-hydrogen) atoms. The van der Waals surface area contributed by atoms with Crippen LogP contribution in [0.2, 0.25) is 0 Å². The number of carbonyl (C=O) groups is 2. The predicted molar refractivity (Wildman–Crippen MR) is 118 cm³/mol. The van der Waals surface area contributed by atoms with Crippen LogP contribution < -0.4 is 10.5 Å². The molecule has 0 spiro atoms. The Kier molecular flexibility index (Phi) is 8.75. The molecule has 2 rings (SSSR count). The van der Waals surface area contributed by atoms with Crippen LogP contribution in [0.3, 0.4) is 0 Å². The minimum atomic E-state index is -0.225. The van der Waals surface area contributed by atoms with Gasteiger partial charge in [-0.1, -0.05) is 25.1 Å². The summed E-state index contributed by atoms with van der Waals surface area (Å²) in [5, 5.41) is 10.2. The van der Waals surface area contributed by atoms with E-state index in [2.05, 4.69) is 22.9 Å². The number of phenols is 1. The van der Waals surface area contributed by atoms with E-state index in [-0.39, 0.29) is 23.3 Å².